The maximum atomic E-state index is 11.9. The van der Waals surface area contributed by atoms with Gasteiger partial charge in [-0.15, -0.1) is 0 Å². The van der Waals surface area contributed by atoms with Gasteiger partial charge in [-0.25, -0.2) is 0 Å². The van der Waals surface area contributed by atoms with Crippen molar-refractivity contribution < 1.29 is 19.0 Å². The van der Waals surface area contributed by atoms with E-state index < -0.39 is 11.2 Å². The minimum absolute atomic E-state index is 0.190. The van der Waals surface area contributed by atoms with E-state index >= 15 is 0 Å². The molecule has 0 aromatic carbocycles. The predicted molar refractivity (Wildman–Crippen MR) is 53.2 cm³/mol. The smallest absolute Gasteiger partial charge is 0.317 e. The first kappa shape index (κ1) is 10.9. The summed E-state index contributed by atoms with van der Waals surface area (Å²) in [6.07, 6.45) is 3.27. The van der Waals surface area contributed by atoms with Crippen molar-refractivity contribution in [1.82, 2.24) is 0 Å². The molecule has 1 saturated heterocycles. The predicted octanol–water partition coefficient (Wildman–Crippen LogP) is 1.48. The van der Waals surface area contributed by atoms with Crippen molar-refractivity contribution in [2.24, 2.45) is 5.41 Å². The van der Waals surface area contributed by atoms with E-state index in [2.05, 4.69) is 0 Å². The van der Waals surface area contributed by atoms with Crippen LogP contribution >= 0.6 is 0 Å². The number of hydrogen-bond acceptors (Lipinski definition) is 4. The maximum absolute atomic E-state index is 11.9. The molecule has 0 aromatic heterocycles. The third-order valence-corrected chi connectivity index (χ3v) is 3.77. The van der Waals surface area contributed by atoms with Crippen LogP contribution in [0.4, 0.5) is 0 Å². The van der Waals surface area contributed by atoms with Crippen LogP contribution in [0, 0.1) is 5.41 Å². The van der Waals surface area contributed by atoms with Crippen molar-refractivity contribution >= 4 is 5.97 Å². The third-order valence-electron chi connectivity index (χ3n) is 3.77. The second-order valence-corrected chi connectivity index (χ2v) is 4.23. The van der Waals surface area contributed by atoms with Gasteiger partial charge in [0.15, 0.2) is 5.79 Å². The topological polar surface area (TPSA) is 44.8 Å². The monoisotopic (exact) mass is 214 g/mol. The van der Waals surface area contributed by atoms with Crippen LogP contribution < -0.4 is 0 Å². The summed E-state index contributed by atoms with van der Waals surface area (Å²) in [5, 5.41) is 0. The summed E-state index contributed by atoms with van der Waals surface area (Å²) in [5.74, 6) is -0.890. The van der Waals surface area contributed by atoms with Crippen LogP contribution in [0.2, 0.25) is 0 Å². The molecule has 2 aliphatic rings. The Hall–Kier alpha value is -0.610. The Bertz CT molecular complexity index is 252. The van der Waals surface area contributed by atoms with E-state index in [9.17, 15) is 4.79 Å². The van der Waals surface area contributed by atoms with Gasteiger partial charge in [-0.2, -0.15) is 0 Å². The first-order chi connectivity index (χ1) is 7.21. The van der Waals surface area contributed by atoms with Crippen molar-refractivity contribution in [3.05, 3.63) is 0 Å². The van der Waals surface area contributed by atoms with Gasteiger partial charge in [-0.3, -0.25) is 4.79 Å². The average molecular weight is 214 g/mol. The zero-order chi connectivity index (χ0) is 10.9. The largest absolute Gasteiger partial charge is 0.468 e. The molecule has 0 bridgehead atoms. The maximum Gasteiger partial charge on any atom is 0.317 e. The van der Waals surface area contributed by atoms with Gasteiger partial charge in [0, 0.05) is 6.42 Å². The van der Waals surface area contributed by atoms with Gasteiger partial charge >= 0.3 is 5.97 Å². The Labute approximate surface area is 89.9 Å². The van der Waals surface area contributed by atoms with Crippen LogP contribution in [-0.4, -0.2) is 32.1 Å². The van der Waals surface area contributed by atoms with E-state index in [0.717, 1.165) is 19.3 Å². The highest BCUT2D eigenvalue weighted by Crippen LogP contribution is 2.54. The molecule has 2 rings (SSSR count). The quantitative estimate of drug-likeness (QED) is 0.653. The first-order valence-corrected chi connectivity index (χ1v) is 5.57. The highest BCUT2D eigenvalue weighted by Gasteiger charge is 2.63. The summed E-state index contributed by atoms with van der Waals surface area (Å²) in [4.78, 5) is 11.9. The SMILES string of the molecule is CCC1(C(=O)OC)CCCC12OCCO2. The minimum atomic E-state index is -0.700. The second-order valence-electron chi connectivity index (χ2n) is 4.23. The Kier molecular flexibility index (Phi) is 2.73. The molecule has 1 unspecified atom stereocenters. The fourth-order valence-electron chi connectivity index (χ4n) is 2.97. The zero-order valence-corrected chi connectivity index (χ0v) is 9.38. The van der Waals surface area contributed by atoms with E-state index in [1.807, 2.05) is 6.92 Å². The first-order valence-electron chi connectivity index (χ1n) is 5.57. The van der Waals surface area contributed by atoms with Gasteiger partial charge in [-0.1, -0.05) is 6.92 Å². The number of carbonyl (C=O) groups is 1. The molecule has 0 aromatic rings. The van der Waals surface area contributed by atoms with Crippen molar-refractivity contribution in [3.63, 3.8) is 0 Å². The Morgan fingerprint density at radius 3 is 2.53 bits per heavy atom. The molecule has 2 fully saturated rings. The van der Waals surface area contributed by atoms with E-state index in [0.29, 0.717) is 19.6 Å². The lowest BCUT2D eigenvalue weighted by molar-refractivity contribution is -0.231. The average Bonchev–Trinajstić information content (AvgIpc) is 2.87. The molecule has 1 aliphatic heterocycles. The number of hydrogen-bond donors (Lipinski definition) is 0. The number of rotatable bonds is 2. The molecule has 4 nitrogen and oxygen atoms in total. The molecule has 0 amide bonds. The van der Waals surface area contributed by atoms with Crippen LogP contribution in [0.25, 0.3) is 0 Å². The molecular weight excluding hydrogens is 196 g/mol. The lowest BCUT2D eigenvalue weighted by Gasteiger charge is -2.38. The van der Waals surface area contributed by atoms with Gasteiger partial charge in [-0.05, 0) is 19.3 Å². The molecule has 1 aliphatic carbocycles. The highest BCUT2D eigenvalue weighted by atomic mass is 16.7. The van der Waals surface area contributed by atoms with Gasteiger partial charge in [0.2, 0.25) is 0 Å². The van der Waals surface area contributed by atoms with Crippen molar-refractivity contribution in [2.45, 2.75) is 38.4 Å². The molecule has 15 heavy (non-hydrogen) atoms. The standard InChI is InChI=1S/C11H18O4/c1-3-10(9(12)13-2)5-4-6-11(10)14-7-8-15-11/h3-8H2,1-2H3. The molecular formula is C11H18O4. The molecule has 4 heteroatoms. The second kappa shape index (κ2) is 3.76. The molecule has 86 valence electrons. The van der Waals surface area contributed by atoms with Gasteiger partial charge in [0.25, 0.3) is 0 Å². The number of methoxy groups -OCH3 is 1. The summed E-state index contributed by atoms with van der Waals surface area (Å²) in [7, 11) is 1.43. The third kappa shape index (κ3) is 1.31. The van der Waals surface area contributed by atoms with Gasteiger partial charge in [0.1, 0.15) is 5.41 Å². The number of ether oxygens (including phenoxy) is 3. The number of carbonyl (C=O) groups excluding carboxylic acids is 1. The van der Waals surface area contributed by atoms with Crippen molar-refractivity contribution in [2.75, 3.05) is 20.3 Å². The Morgan fingerprint density at radius 2 is 2.00 bits per heavy atom. The Balaban J connectivity index is 2.33. The van der Waals surface area contributed by atoms with Crippen LogP contribution in [0.5, 0.6) is 0 Å². The van der Waals surface area contributed by atoms with Crippen LogP contribution in [0.3, 0.4) is 0 Å². The van der Waals surface area contributed by atoms with Crippen LogP contribution in [0.15, 0.2) is 0 Å². The molecule has 1 heterocycles. The van der Waals surface area contributed by atoms with E-state index in [1.165, 1.54) is 7.11 Å². The van der Waals surface area contributed by atoms with Crippen LogP contribution in [-0.2, 0) is 19.0 Å². The summed E-state index contributed by atoms with van der Waals surface area (Å²) in [6.45, 7) is 3.16. The molecule has 1 saturated carbocycles. The molecule has 1 atom stereocenters. The van der Waals surface area contributed by atoms with Crippen molar-refractivity contribution in [1.29, 1.82) is 0 Å². The van der Waals surface area contributed by atoms with E-state index in [1.54, 1.807) is 0 Å². The summed E-state index contributed by atoms with van der Waals surface area (Å²) in [6, 6.07) is 0. The highest BCUT2D eigenvalue weighted by molar-refractivity contribution is 5.78. The summed E-state index contributed by atoms with van der Waals surface area (Å²) in [5.41, 5.74) is -0.585. The molecule has 0 radical (unpaired) electrons. The van der Waals surface area contributed by atoms with Crippen LogP contribution in [0.1, 0.15) is 32.6 Å². The molecule has 0 N–H and O–H groups in total. The normalized spacial score (nSPS) is 33.5. The fraction of sp³-hybridized carbons (Fsp3) is 0.909. The summed E-state index contributed by atoms with van der Waals surface area (Å²) < 4.78 is 16.3. The Morgan fingerprint density at radius 1 is 1.33 bits per heavy atom. The van der Waals surface area contributed by atoms with E-state index in [-0.39, 0.29) is 5.97 Å². The number of esters is 1. The fourth-order valence-corrected chi connectivity index (χ4v) is 2.97. The lowest BCUT2D eigenvalue weighted by Crippen LogP contribution is -2.50. The zero-order valence-electron chi connectivity index (χ0n) is 9.38. The lowest BCUT2D eigenvalue weighted by atomic mass is 9.78. The summed E-state index contributed by atoms with van der Waals surface area (Å²) >= 11 is 0. The van der Waals surface area contributed by atoms with Gasteiger partial charge in [0.05, 0.1) is 20.3 Å². The van der Waals surface area contributed by atoms with Gasteiger partial charge < -0.3 is 14.2 Å². The van der Waals surface area contributed by atoms with Crippen molar-refractivity contribution in [3.8, 4) is 0 Å². The molecule has 1 spiro atoms. The van der Waals surface area contributed by atoms with E-state index in [4.69, 9.17) is 14.2 Å². The minimum Gasteiger partial charge on any atom is -0.468 e.